The lowest BCUT2D eigenvalue weighted by molar-refractivity contribution is 0.532. The SMILES string of the molecule is CC(C)n1cc(S(=O)(=O)Nc2c[nH]c(=O)[nH]c2=O)c(-c2cccs2)n1. The lowest BCUT2D eigenvalue weighted by Gasteiger charge is -2.06. The van der Waals surface area contributed by atoms with Crippen molar-refractivity contribution >= 4 is 27.0 Å². The summed E-state index contributed by atoms with van der Waals surface area (Å²) in [6.45, 7) is 3.75. The molecule has 3 N–H and O–H groups in total. The molecule has 0 aliphatic rings. The van der Waals surface area contributed by atoms with E-state index in [2.05, 4.69) is 14.8 Å². The number of aromatic nitrogens is 4. The Balaban J connectivity index is 2.10. The fourth-order valence-electron chi connectivity index (χ4n) is 2.11. The molecule has 0 aromatic carbocycles. The van der Waals surface area contributed by atoms with Crippen molar-refractivity contribution in [2.45, 2.75) is 24.8 Å². The second kappa shape index (κ2) is 6.33. The minimum atomic E-state index is -4.09. The third-order valence-corrected chi connectivity index (χ3v) is 5.58. The van der Waals surface area contributed by atoms with Crippen LogP contribution in [0, 0.1) is 0 Å². The van der Waals surface area contributed by atoms with Crippen LogP contribution >= 0.6 is 11.3 Å². The number of sulfonamides is 1. The van der Waals surface area contributed by atoms with E-state index in [9.17, 15) is 18.0 Å². The fourth-order valence-corrected chi connectivity index (χ4v) is 4.10. The molecule has 0 fully saturated rings. The quantitative estimate of drug-likeness (QED) is 0.614. The Labute approximate surface area is 146 Å². The van der Waals surface area contributed by atoms with Crippen LogP contribution in [-0.2, 0) is 10.0 Å². The summed E-state index contributed by atoms with van der Waals surface area (Å²) >= 11 is 1.36. The summed E-state index contributed by atoms with van der Waals surface area (Å²) in [6, 6.07) is 3.52. The molecule has 0 aliphatic carbocycles. The van der Waals surface area contributed by atoms with Crippen LogP contribution in [0.15, 0.2) is 44.4 Å². The second-order valence-corrected chi connectivity index (χ2v) is 8.08. The van der Waals surface area contributed by atoms with Crippen molar-refractivity contribution in [3.05, 3.63) is 50.7 Å². The Hall–Kier alpha value is -2.66. The Morgan fingerprint density at radius 2 is 2.08 bits per heavy atom. The van der Waals surface area contributed by atoms with Gasteiger partial charge < -0.3 is 4.98 Å². The highest BCUT2D eigenvalue weighted by Crippen LogP contribution is 2.31. The number of hydrogen-bond donors (Lipinski definition) is 3. The van der Waals surface area contributed by atoms with E-state index in [4.69, 9.17) is 0 Å². The largest absolute Gasteiger partial charge is 0.325 e. The van der Waals surface area contributed by atoms with Gasteiger partial charge in [-0.15, -0.1) is 11.3 Å². The molecule has 0 radical (unpaired) electrons. The first-order valence-corrected chi connectivity index (χ1v) is 9.62. The van der Waals surface area contributed by atoms with Crippen molar-refractivity contribution < 1.29 is 8.42 Å². The molecule has 25 heavy (non-hydrogen) atoms. The summed E-state index contributed by atoms with van der Waals surface area (Å²) in [5.74, 6) is 0. The molecule has 11 heteroatoms. The smallest absolute Gasteiger partial charge is 0.312 e. The molecule has 132 valence electrons. The highest BCUT2D eigenvalue weighted by Gasteiger charge is 2.26. The molecule has 0 spiro atoms. The molecule has 3 rings (SSSR count). The molecule has 0 saturated carbocycles. The Bertz CT molecular complexity index is 1110. The molecule has 0 unspecified atom stereocenters. The third kappa shape index (κ3) is 3.42. The first-order chi connectivity index (χ1) is 11.8. The Morgan fingerprint density at radius 1 is 1.32 bits per heavy atom. The molecular formula is C14H15N5O4S2. The lowest BCUT2D eigenvalue weighted by Crippen LogP contribution is -2.26. The predicted molar refractivity (Wildman–Crippen MR) is 94.4 cm³/mol. The van der Waals surface area contributed by atoms with Crippen molar-refractivity contribution in [3.63, 3.8) is 0 Å². The average molecular weight is 381 g/mol. The monoisotopic (exact) mass is 381 g/mol. The molecule has 0 amide bonds. The molecule has 3 heterocycles. The number of H-pyrrole nitrogens is 2. The maximum absolute atomic E-state index is 12.8. The van der Waals surface area contributed by atoms with Crippen LogP contribution in [0.5, 0.6) is 0 Å². The van der Waals surface area contributed by atoms with Crippen molar-refractivity contribution in [3.8, 4) is 10.6 Å². The van der Waals surface area contributed by atoms with E-state index in [1.165, 1.54) is 17.5 Å². The Kier molecular flexibility index (Phi) is 4.35. The first-order valence-electron chi connectivity index (χ1n) is 7.26. The standard InChI is InChI=1S/C14H15N5O4S2/c1-8(2)19-7-11(12(17-19)10-4-3-5-24-10)25(22,23)18-9-6-15-14(21)16-13(9)20/h3-8,18H,1-2H3,(H2,15,16,20,21). The van der Waals surface area contributed by atoms with E-state index >= 15 is 0 Å². The van der Waals surface area contributed by atoms with E-state index in [0.29, 0.717) is 10.6 Å². The van der Waals surface area contributed by atoms with Gasteiger partial charge in [-0.05, 0) is 25.3 Å². The molecule has 0 saturated heterocycles. The van der Waals surface area contributed by atoms with Gasteiger partial charge in [0.15, 0.2) is 0 Å². The van der Waals surface area contributed by atoms with Gasteiger partial charge in [0.1, 0.15) is 16.3 Å². The summed E-state index contributed by atoms with van der Waals surface area (Å²) in [5.41, 5.74) is -1.54. The predicted octanol–water partition coefficient (Wildman–Crippen LogP) is 1.37. The van der Waals surface area contributed by atoms with E-state index in [1.54, 1.807) is 16.8 Å². The highest BCUT2D eigenvalue weighted by atomic mass is 32.2. The fraction of sp³-hybridized carbons (Fsp3) is 0.214. The zero-order valence-corrected chi connectivity index (χ0v) is 14.9. The highest BCUT2D eigenvalue weighted by molar-refractivity contribution is 7.92. The summed E-state index contributed by atoms with van der Waals surface area (Å²) in [5, 5.41) is 6.18. The van der Waals surface area contributed by atoms with E-state index in [0.717, 1.165) is 6.20 Å². The molecule has 3 aromatic rings. The summed E-state index contributed by atoms with van der Waals surface area (Å²) in [6.07, 6.45) is 2.43. The van der Waals surface area contributed by atoms with E-state index in [-0.39, 0.29) is 16.6 Å². The number of thiophene rings is 1. The molecule has 0 bridgehead atoms. The third-order valence-electron chi connectivity index (χ3n) is 3.34. The minimum absolute atomic E-state index is 0.0425. The van der Waals surface area contributed by atoms with Crippen molar-refractivity contribution in [1.82, 2.24) is 19.7 Å². The molecule has 0 atom stereocenters. The minimum Gasteiger partial charge on any atom is -0.312 e. The van der Waals surface area contributed by atoms with Crippen molar-refractivity contribution in [2.75, 3.05) is 4.72 Å². The van der Waals surface area contributed by atoms with Crippen LogP contribution in [0.4, 0.5) is 5.69 Å². The zero-order chi connectivity index (χ0) is 18.2. The van der Waals surface area contributed by atoms with E-state index < -0.39 is 21.3 Å². The number of anilines is 1. The molecule has 3 aromatic heterocycles. The lowest BCUT2D eigenvalue weighted by atomic mass is 10.3. The summed E-state index contributed by atoms with van der Waals surface area (Å²) in [4.78, 5) is 27.7. The van der Waals surface area contributed by atoms with Gasteiger partial charge in [-0.1, -0.05) is 6.07 Å². The van der Waals surface area contributed by atoms with Crippen molar-refractivity contribution in [1.29, 1.82) is 0 Å². The number of nitrogens with zero attached hydrogens (tertiary/aromatic N) is 2. The first kappa shape index (κ1) is 17.2. The van der Waals surface area contributed by atoms with Crippen molar-refractivity contribution in [2.24, 2.45) is 0 Å². The van der Waals surface area contributed by atoms with Gasteiger partial charge in [-0.2, -0.15) is 5.10 Å². The molecular weight excluding hydrogens is 366 g/mol. The maximum Gasteiger partial charge on any atom is 0.325 e. The van der Waals surface area contributed by atoms with Gasteiger partial charge >= 0.3 is 5.69 Å². The van der Waals surface area contributed by atoms with Gasteiger partial charge in [0.05, 0.1) is 4.88 Å². The summed E-state index contributed by atoms with van der Waals surface area (Å²) < 4.78 is 29.3. The maximum atomic E-state index is 12.8. The zero-order valence-electron chi connectivity index (χ0n) is 13.3. The van der Waals surface area contributed by atoms with Crippen LogP contribution in [-0.4, -0.2) is 28.2 Å². The number of aromatic amines is 2. The van der Waals surface area contributed by atoms with Gasteiger partial charge in [0, 0.05) is 18.4 Å². The average Bonchev–Trinajstić information content (AvgIpc) is 3.18. The normalized spacial score (nSPS) is 11.8. The molecule has 0 aliphatic heterocycles. The van der Waals surface area contributed by atoms with E-state index in [1.807, 2.05) is 24.2 Å². The van der Waals surface area contributed by atoms with Gasteiger partial charge in [0.2, 0.25) is 0 Å². The number of rotatable bonds is 5. The van der Waals surface area contributed by atoms with Crippen LogP contribution in [0.1, 0.15) is 19.9 Å². The number of hydrogen-bond acceptors (Lipinski definition) is 6. The van der Waals surface area contributed by atoms with Gasteiger partial charge in [-0.25, -0.2) is 13.2 Å². The van der Waals surface area contributed by atoms with Gasteiger partial charge in [-0.3, -0.25) is 19.2 Å². The number of nitrogens with one attached hydrogen (secondary N) is 3. The van der Waals surface area contributed by atoms with Crippen LogP contribution in [0.25, 0.3) is 10.6 Å². The van der Waals surface area contributed by atoms with Crippen LogP contribution in [0.2, 0.25) is 0 Å². The second-order valence-electron chi connectivity index (χ2n) is 5.48. The Morgan fingerprint density at radius 3 is 2.68 bits per heavy atom. The van der Waals surface area contributed by atoms with Crippen LogP contribution < -0.4 is 16.0 Å². The molecule has 9 nitrogen and oxygen atoms in total. The van der Waals surface area contributed by atoms with Gasteiger partial charge in [0.25, 0.3) is 15.6 Å². The van der Waals surface area contributed by atoms with Crippen LogP contribution in [0.3, 0.4) is 0 Å². The topological polar surface area (TPSA) is 130 Å². The summed E-state index contributed by atoms with van der Waals surface area (Å²) in [7, 11) is -4.09.